The zero-order valence-corrected chi connectivity index (χ0v) is 15.3. The van der Waals surface area contributed by atoms with E-state index in [1.165, 1.54) is 12.1 Å². The van der Waals surface area contributed by atoms with Crippen molar-refractivity contribution in [2.24, 2.45) is 5.92 Å². The van der Waals surface area contributed by atoms with Gasteiger partial charge >= 0.3 is 6.36 Å². The summed E-state index contributed by atoms with van der Waals surface area (Å²) in [5.41, 5.74) is 1.59. The second-order valence-corrected chi connectivity index (χ2v) is 7.70. The fraction of sp³-hybridized carbons (Fsp3) is 0.500. The van der Waals surface area contributed by atoms with E-state index in [1.54, 1.807) is 12.4 Å². The lowest BCUT2D eigenvalue weighted by atomic mass is 9.64. The van der Waals surface area contributed by atoms with Crippen LogP contribution in [0.2, 0.25) is 0 Å². The molecule has 0 bridgehead atoms. The van der Waals surface area contributed by atoms with Crippen LogP contribution in [0, 0.1) is 5.92 Å². The summed E-state index contributed by atoms with van der Waals surface area (Å²) in [7, 11) is 0. The number of rotatable bonds is 5. The Morgan fingerprint density at radius 3 is 2.89 bits per heavy atom. The van der Waals surface area contributed by atoms with E-state index in [4.69, 9.17) is 0 Å². The van der Waals surface area contributed by atoms with Crippen LogP contribution in [0.3, 0.4) is 0 Å². The van der Waals surface area contributed by atoms with Crippen molar-refractivity contribution in [3.63, 3.8) is 0 Å². The number of ether oxygens (including phenoxy) is 1. The largest absolute Gasteiger partial charge is 0.573 e. The number of nitrogens with zero attached hydrogens (tertiary/aromatic N) is 2. The molecule has 4 rings (SSSR count). The van der Waals surface area contributed by atoms with Crippen LogP contribution in [-0.4, -0.2) is 28.4 Å². The Morgan fingerprint density at radius 2 is 2.18 bits per heavy atom. The predicted molar refractivity (Wildman–Crippen MR) is 95.7 cm³/mol. The SMILES string of the molecule is O=C(NCC1(c2cccc(OC(F)(F)F)c2)CCC1)C1CCc2cncn2C1. The molecule has 28 heavy (non-hydrogen) atoms. The maximum absolute atomic E-state index is 12.7. The summed E-state index contributed by atoms with van der Waals surface area (Å²) in [6.07, 6.45) is 3.11. The minimum atomic E-state index is -4.72. The molecular weight excluding hydrogens is 371 g/mol. The quantitative estimate of drug-likeness (QED) is 0.845. The minimum Gasteiger partial charge on any atom is -0.406 e. The maximum atomic E-state index is 12.7. The lowest BCUT2D eigenvalue weighted by molar-refractivity contribution is -0.274. The third-order valence-corrected chi connectivity index (χ3v) is 5.93. The van der Waals surface area contributed by atoms with Gasteiger partial charge in [0, 0.05) is 30.4 Å². The number of carbonyl (C=O) groups excluding carboxylic acids is 1. The van der Waals surface area contributed by atoms with Gasteiger partial charge in [-0.15, -0.1) is 13.2 Å². The Balaban J connectivity index is 1.42. The van der Waals surface area contributed by atoms with Crippen molar-refractivity contribution in [3.8, 4) is 5.75 Å². The van der Waals surface area contributed by atoms with Crippen molar-refractivity contribution in [2.75, 3.05) is 6.54 Å². The Labute approximate surface area is 160 Å². The molecule has 1 saturated carbocycles. The lowest BCUT2D eigenvalue weighted by Gasteiger charge is -2.43. The average Bonchev–Trinajstić information content (AvgIpc) is 3.07. The highest BCUT2D eigenvalue weighted by Gasteiger charge is 2.40. The smallest absolute Gasteiger partial charge is 0.406 e. The van der Waals surface area contributed by atoms with Gasteiger partial charge in [-0.25, -0.2) is 4.98 Å². The lowest BCUT2D eigenvalue weighted by Crippen LogP contribution is -2.47. The van der Waals surface area contributed by atoms with E-state index < -0.39 is 6.36 Å². The van der Waals surface area contributed by atoms with Crippen LogP contribution in [0.5, 0.6) is 5.75 Å². The molecule has 5 nitrogen and oxygen atoms in total. The Kier molecular flexibility index (Phi) is 4.81. The van der Waals surface area contributed by atoms with Gasteiger partial charge in [0.05, 0.1) is 12.2 Å². The Hall–Kier alpha value is -2.51. The molecule has 1 aromatic heterocycles. The third kappa shape index (κ3) is 3.86. The first-order chi connectivity index (χ1) is 13.3. The van der Waals surface area contributed by atoms with E-state index in [0.717, 1.165) is 43.4 Å². The first kappa shape index (κ1) is 18.8. The number of hydrogen-bond acceptors (Lipinski definition) is 3. The molecule has 1 unspecified atom stereocenters. The van der Waals surface area contributed by atoms with Gasteiger partial charge in [0.1, 0.15) is 5.75 Å². The minimum absolute atomic E-state index is 0.00618. The summed E-state index contributed by atoms with van der Waals surface area (Å²) in [5, 5.41) is 3.05. The van der Waals surface area contributed by atoms with Crippen molar-refractivity contribution >= 4 is 5.91 Å². The van der Waals surface area contributed by atoms with Crippen molar-refractivity contribution in [1.29, 1.82) is 0 Å². The molecule has 0 saturated heterocycles. The van der Waals surface area contributed by atoms with Crippen LogP contribution in [0.15, 0.2) is 36.8 Å². The second-order valence-electron chi connectivity index (χ2n) is 7.70. The molecule has 1 aliphatic heterocycles. The zero-order chi connectivity index (χ0) is 19.8. The normalized spacial score (nSPS) is 20.8. The zero-order valence-electron chi connectivity index (χ0n) is 15.3. The number of alkyl halides is 3. The number of benzene rings is 1. The standard InChI is InChI=1S/C20H22F3N3O2/c21-20(22,23)28-17-4-1-3-15(9-17)19(7-2-8-19)12-25-18(27)14-5-6-16-10-24-13-26(16)11-14/h1,3-4,9-10,13-14H,2,5-8,11-12H2,(H,25,27). The molecule has 1 amide bonds. The number of nitrogens with one attached hydrogen (secondary N) is 1. The molecule has 8 heteroatoms. The van der Waals surface area contributed by atoms with Gasteiger partial charge in [0.25, 0.3) is 0 Å². The van der Waals surface area contributed by atoms with Gasteiger partial charge in [-0.05, 0) is 43.4 Å². The van der Waals surface area contributed by atoms with Crippen molar-refractivity contribution in [2.45, 2.75) is 50.4 Å². The van der Waals surface area contributed by atoms with Crippen LogP contribution in [0.4, 0.5) is 13.2 Å². The van der Waals surface area contributed by atoms with Crippen molar-refractivity contribution < 1.29 is 22.7 Å². The molecule has 1 aliphatic carbocycles. The Bertz CT molecular complexity index is 858. The topological polar surface area (TPSA) is 56.1 Å². The van der Waals surface area contributed by atoms with Crippen LogP contribution >= 0.6 is 0 Å². The summed E-state index contributed by atoms with van der Waals surface area (Å²) < 4.78 is 43.6. The average molecular weight is 393 g/mol. The molecule has 150 valence electrons. The fourth-order valence-corrected chi connectivity index (χ4v) is 4.18. The van der Waals surface area contributed by atoms with E-state index in [-0.39, 0.29) is 23.0 Å². The van der Waals surface area contributed by atoms with Gasteiger partial charge in [-0.3, -0.25) is 4.79 Å². The summed E-state index contributed by atoms with van der Waals surface area (Å²) in [6, 6.07) is 6.12. The Morgan fingerprint density at radius 1 is 1.36 bits per heavy atom. The molecule has 2 aliphatic rings. The molecule has 1 aromatic carbocycles. The molecule has 1 fully saturated rings. The van der Waals surface area contributed by atoms with Gasteiger partial charge in [-0.2, -0.15) is 0 Å². The van der Waals surface area contributed by atoms with E-state index in [9.17, 15) is 18.0 Å². The number of fused-ring (bicyclic) bond motifs is 1. The van der Waals surface area contributed by atoms with Crippen LogP contribution in [-0.2, 0) is 23.2 Å². The highest BCUT2D eigenvalue weighted by molar-refractivity contribution is 5.79. The van der Waals surface area contributed by atoms with Crippen LogP contribution in [0.1, 0.15) is 36.9 Å². The van der Waals surface area contributed by atoms with Gasteiger partial charge < -0.3 is 14.6 Å². The van der Waals surface area contributed by atoms with Crippen molar-refractivity contribution in [1.82, 2.24) is 14.9 Å². The maximum Gasteiger partial charge on any atom is 0.573 e. The second kappa shape index (κ2) is 7.14. The van der Waals surface area contributed by atoms with Crippen molar-refractivity contribution in [3.05, 3.63) is 48.0 Å². The van der Waals surface area contributed by atoms with Gasteiger partial charge in [-0.1, -0.05) is 18.6 Å². The van der Waals surface area contributed by atoms with E-state index in [0.29, 0.717) is 13.1 Å². The first-order valence-electron chi connectivity index (χ1n) is 9.48. The highest BCUT2D eigenvalue weighted by atomic mass is 19.4. The van der Waals surface area contributed by atoms with Gasteiger partial charge in [0.15, 0.2) is 0 Å². The third-order valence-electron chi connectivity index (χ3n) is 5.93. The van der Waals surface area contributed by atoms with E-state index in [2.05, 4.69) is 15.0 Å². The molecule has 2 aromatic rings. The number of imidazole rings is 1. The summed E-state index contributed by atoms with van der Waals surface area (Å²) in [4.78, 5) is 16.8. The highest BCUT2D eigenvalue weighted by Crippen LogP contribution is 2.44. The monoisotopic (exact) mass is 393 g/mol. The summed E-state index contributed by atoms with van der Waals surface area (Å²) in [6.45, 7) is 1.04. The number of hydrogen-bond donors (Lipinski definition) is 1. The van der Waals surface area contributed by atoms with E-state index >= 15 is 0 Å². The van der Waals surface area contributed by atoms with Crippen LogP contribution in [0.25, 0.3) is 0 Å². The molecule has 0 spiro atoms. The van der Waals surface area contributed by atoms with E-state index in [1.807, 2.05) is 16.8 Å². The predicted octanol–water partition coefficient (Wildman–Crippen LogP) is 3.58. The number of aromatic nitrogens is 2. The molecule has 1 atom stereocenters. The number of halogens is 3. The molecule has 0 radical (unpaired) electrons. The number of aryl methyl sites for hydroxylation is 1. The summed E-state index contributed by atoms with van der Waals surface area (Å²) >= 11 is 0. The first-order valence-corrected chi connectivity index (χ1v) is 9.48. The number of amides is 1. The summed E-state index contributed by atoms with van der Waals surface area (Å²) in [5.74, 6) is -0.338. The molecule has 1 N–H and O–H groups in total. The molecular formula is C20H22F3N3O2. The molecule has 2 heterocycles. The fourth-order valence-electron chi connectivity index (χ4n) is 4.18. The van der Waals surface area contributed by atoms with Crippen LogP contribution < -0.4 is 10.1 Å². The van der Waals surface area contributed by atoms with Gasteiger partial charge in [0.2, 0.25) is 5.91 Å². The number of carbonyl (C=O) groups is 1.